The number of likely N-dealkylation sites (tertiary alicyclic amines) is 1. The molecule has 0 aromatic heterocycles. The summed E-state index contributed by atoms with van der Waals surface area (Å²) in [7, 11) is 0. The number of anilines is 1. The summed E-state index contributed by atoms with van der Waals surface area (Å²) < 4.78 is 13.4. The molecule has 2 unspecified atom stereocenters. The Morgan fingerprint density at radius 1 is 1.41 bits per heavy atom. The van der Waals surface area contributed by atoms with E-state index in [0.29, 0.717) is 17.6 Å². The minimum Gasteiger partial charge on any atom is -0.396 e. The zero-order chi connectivity index (χ0) is 12.4. The lowest BCUT2D eigenvalue weighted by Gasteiger charge is -2.38. The highest BCUT2D eigenvalue weighted by Crippen LogP contribution is 2.26. The molecule has 2 nitrogen and oxygen atoms in total. The highest BCUT2D eigenvalue weighted by Gasteiger charge is 2.25. The van der Waals surface area contributed by atoms with Crippen molar-refractivity contribution >= 4 is 5.69 Å². The van der Waals surface area contributed by atoms with Gasteiger partial charge in [0.05, 0.1) is 5.69 Å². The smallest absolute Gasteiger partial charge is 0.146 e. The molecule has 94 valence electrons. The van der Waals surface area contributed by atoms with Crippen LogP contribution < -0.4 is 5.73 Å². The minimum absolute atomic E-state index is 0.304. The number of nitrogen functional groups attached to an aromatic ring is 1. The molecule has 0 saturated carbocycles. The third-order valence-electron chi connectivity index (χ3n) is 4.02. The Balaban J connectivity index is 2.12. The fourth-order valence-corrected chi connectivity index (χ4v) is 2.58. The largest absolute Gasteiger partial charge is 0.396 e. The lowest BCUT2D eigenvalue weighted by Crippen LogP contribution is -2.41. The van der Waals surface area contributed by atoms with E-state index in [2.05, 4.69) is 18.7 Å². The van der Waals surface area contributed by atoms with Crippen molar-refractivity contribution in [2.24, 2.45) is 5.92 Å². The second-order valence-corrected chi connectivity index (χ2v) is 5.14. The number of hydrogen-bond donors (Lipinski definition) is 1. The van der Waals surface area contributed by atoms with E-state index in [0.717, 1.165) is 18.7 Å². The highest BCUT2D eigenvalue weighted by atomic mass is 19.1. The lowest BCUT2D eigenvalue weighted by atomic mass is 9.91. The average Bonchev–Trinajstić information content (AvgIpc) is 2.31. The molecule has 1 saturated heterocycles. The second-order valence-electron chi connectivity index (χ2n) is 5.14. The van der Waals surface area contributed by atoms with Crippen LogP contribution in [0, 0.1) is 11.7 Å². The second kappa shape index (κ2) is 5.05. The summed E-state index contributed by atoms with van der Waals surface area (Å²) in [6, 6.07) is 5.62. The lowest BCUT2D eigenvalue weighted by molar-refractivity contribution is 0.107. The van der Waals surface area contributed by atoms with Gasteiger partial charge in [-0.2, -0.15) is 0 Å². The van der Waals surface area contributed by atoms with Gasteiger partial charge in [-0.15, -0.1) is 0 Å². The van der Waals surface area contributed by atoms with Gasteiger partial charge in [-0.05, 0) is 43.9 Å². The molecule has 1 aromatic carbocycles. The summed E-state index contributed by atoms with van der Waals surface area (Å²) in [5.41, 5.74) is 6.99. The van der Waals surface area contributed by atoms with Crippen LogP contribution in [0.3, 0.4) is 0 Å². The maximum Gasteiger partial charge on any atom is 0.146 e. The molecule has 2 rings (SSSR count). The Morgan fingerprint density at radius 2 is 2.18 bits per heavy atom. The van der Waals surface area contributed by atoms with Crippen LogP contribution in [-0.2, 0) is 6.54 Å². The van der Waals surface area contributed by atoms with E-state index in [4.69, 9.17) is 5.73 Å². The van der Waals surface area contributed by atoms with Crippen molar-refractivity contribution < 1.29 is 4.39 Å². The molecule has 3 heteroatoms. The monoisotopic (exact) mass is 236 g/mol. The van der Waals surface area contributed by atoms with Gasteiger partial charge in [0.2, 0.25) is 0 Å². The first-order chi connectivity index (χ1) is 8.09. The van der Waals surface area contributed by atoms with Crippen LogP contribution in [-0.4, -0.2) is 17.5 Å². The molecule has 1 aliphatic rings. The highest BCUT2D eigenvalue weighted by molar-refractivity contribution is 5.47. The normalized spacial score (nSPS) is 26.1. The number of nitrogens with two attached hydrogens (primary N) is 1. The standard InChI is InChI=1S/C14H21FN2/c1-10-5-4-8-17(11(10)2)9-12-6-3-7-13(15)14(12)16/h3,6-7,10-11H,4-5,8-9,16H2,1-2H3. The van der Waals surface area contributed by atoms with Crippen LogP contribution >= 0.6 is 0 Å². The Bertz CT molecular complexity index is 392. The molecular formula is C14H21FN2. The van der Waals surface area contributed by atoms with Crippen LogP contribution in [0.2, 0.25) is 0 Å². The third-order valence-corrected chi connectivity index (χ3v) is 4.02. The van der Waals surface area contributed by atoms with Gasteiger partial charge in [0.15, 0.2) is 0 Å². The molecular weight excluding hydrogens is 215 g/mol. The molecule has 1 aromatic rings. The summed E-state index contributed by atoms with van der Waals surface area (Å²) in [6.45, 7) is 6.38. The van der Waals surface area contributed by atoms with Crippen molar-refractivity contribution in [3.8, 4) is 0 Å². The van der Waals surface area contributed by atoms with Gasteiger partial charge in [0.1, 0.15) is 5.82 Å². The zero-order valence-electron chi connectivity index (χ0n) is 10.6. The summed E-state index contributed by atoms with van der Waals surface area (Å²) in [4.78, 5) is 2.40. The number of benzene rings is 1. The predicted molar refractivity (Wildman–Crippen MR) is 69.1 cm³/mol. The predicted octanol–water partition coefficient (Wildman–Crippen LogP) is 3.03. The summed E-state index contributed by atoms with van der Waals surface area (Å²) in [6.07, 6.45) is 2.51. The van der Waals surface area contributed by atoms with Gasteiger partial charge in [-0.1, -0.05) is 19.1 Å². The molecule has 0 amide bonds. The molecule has 2 N–H and O–H groups in total. The number of hydrogen-bond acceptors (Lipinski definition) is 2. The maximum absolute atomic E-state index is 13.4. The van der Waals surface area contributed by atoms with Crippen molar-refractivity contribution in [3.05, 3.63) is 29.6 Å². The van der Waals surface area contributed by atoms with Crippen LogP contribution in [0.5, 0.6) is 0 Å². The number of halogens is 1. The number of nitrogens with zero attached hydrogens (tertiary/aromatic N) is 1. The molecule has 1 aliphatic heterocycles. The van der Waals surface area contributed by atoms with E-state index in [1.807, 2.05) is 6.07 Å². The van der Waals surface area contributed by atoms with Crippen molar-refractivity contribution in [2.45, 2.75) is 39.3 Å². The number of rotatable bonds is 2. The van der Waals surface area contributed by atoms with Gasteiger partial charge in [-0.3, -0.25) is 4.90 Å². The fraction of sp³-hybridized carbons (Fsp3) is 0.571. The van der Waals surface area contributed by atoms with Crippen LogP contribution in [0.25, 0.3) is 0 Å². The van der Waals surface area contributed by atoms with Gasteiger partial charge < -0.3 is 5.73 Å². The Kier molecular flexibility index (Phi) is 3.67. The molecule has 1 heterocycles. The zero-order valence-corrected chi connectivity index (χ0v) is 10.6. The first-order valence-corrected chi connectivity index (χ1v) is 6.36. The average molecular weight is 236 g/mol. The Hall–Kier alpha value is -1.09. The molecule has 17 heavy (non-hydrogen) atoms. The Morgan fingerprint density at radius 3 is 2.94 bits per heavy atom. The van der Waals surface area contributed by atoms with E-state index < -0.39 is 0 Å². The summed E-state index contributed by atoms with van der Waals surface area (Å²) >= 11 is 0. The quantitative estimate of drug-likeness (QED) is 0.800. The maximum atomic E-state index is 13.4. The molecule has 0 radical (unpaired) electrons. The van der Waals surface area contributed by atoms with E-state index in [-0.39, 0.29) is 5.82 Å². The fourth-order valence-electron chi connectivity index (χ4n) is 2.58. The number of piperidine rings is 1. The van der Waals surface area contributed by atoms with E-state index in [9.17, 15) is 4.39 Å². The van der Waals surface area contributed by atoms with Crippen molar-refractivity contribution in [2.75, 3.05) is 12.3 Å². The van der Waals surface area contributed by atoms with Crippen LogP contribution in [0.4, 0.5) is 10.1 Å². The SMILES string of the molecule is CC1CCCN(Cc2cccc(F)c2N)C1C. The minimum atomic E-state index is -0.305. The molecule has 1 fully saturated rings. The summed E-state index contributed by atoms with van der Waals surface area (Å²) in [5.74, 6) is 0.402. The molecule has 0 bridgehead atoms. The summed E-state index contributed by atoms with van der Waals surface area (Å²) in [5, 5.41) is 0. The molecule has 0 aliphatic carbocycles. The third kappa shape index (κ3) is 2.60. The van der Waals surface area contributed by atoms with Crippen LogP contribution in [0.1, 0.15) is 32.3 Å². The Labute approximate surface area is 103 Å². The van der Waals surface area contributed by atoms with Gasteiger partial charge in [-0.25, -0.2) is 4.39 Å². The van der Waals surface area contributed by atoms with Crippen molar-refractivity contribution in [3.63, 3.8) is 0 Å². The van der Waals surface area contributed by atoms with E-state index >= 15 is 0 Å². The van der Waals surface area contributed by atoms with Gasteiger partial charge in [0, 0.05) is 12.6 Å². The van der Waals surface area contributed by atoms with Crippen LogP contribution in [0.15, 0.2) is 18.2 Å². The topological polar surface area (TPSA) is 29.3 Å². The van der Waals surface area contributed by atoms with Crippen molar-refractivity contribution in [1.29, 1.82) is 0 Å². The van der Waals surface area contributed by atoms with Gasteiger partial charge in [0.25, 0.3) is 0 Å². The van der Waals surface area contributed by atoms with Gasteiger partial charge >= 0.3 is 0 Å². The first kappa shape index (κ1) is 12.4. The molecule has 2 atom stereocenters. The number of para-hydroxylation sites is 1. The van der Waals surface area contributed by atoms with Crippen molar-refractivity contribution in [1.82, 2.24) is 4.90 Å². The van der Waals surface area contributed by atoms with E-state index in [1.165, 1.54) is 18.9 Å². The molecule has 0 spiro atoms. The van der Waals surface area contributed by atoms with E-state index in [1.54, 1.807) is 6.07 Å². The first-order valence-electron chi connectivity index (χ1n) is 6.36.